The molecule has 0 atom stereocenters. The number of nitrogens with one attached hydrogen (secondary N) is 1. The van der Waals surface area contributed by atoms with Crippen LogP contribution in [-0.2, 0) is 6.42 Å². The molecule has 0 aliphatic carbocycles. The zero-order chi connectivity index (χ0) is 14.4. The third kappa shape index (κ3) is 3.54. The van der Waals surface area contributed by atoms with Crippen LogP contribution in [0.15, 0.2) is 40.8 Å². The van der Waals surface area contributed by atoms with Crippen molar-refractivity contribution in [2.75, 3.05) is 18.9 Å². The van der Waals surface area contributed by atoms with Gasteiger partial charge in [0, 0.05) is 6.42 Å². The minimum absolute atomic E-state index is 0.241. The van der Waals surface area contributed by atoms with E-state index in [0.717, 1.165) is 12.2 Å². The molecule has 0 fully saturated rings. The van der Waals surface area contributed by atoms with Crippen molar-refractivity contribution in [1.29, 1.82) is 0 Å². The first-order valence-corrected chi connectivity index (χ1v) is 6.55. The second kappa shape index (κ2) is 6.65. The van der Waals surface area contributed by atoms with E-state index in [0.29, 0.717) is 30.3 Å². The fourth-order valence-electron chi connectivity index (χ4n) is 1.71. The van der Waals surface area contributed by atoms with Gasteiger partial charge in [-0.25, -0.2) is 0 Å². The Morgan fingerprint density at radius 1 is 1.30 bits per heavy atom. The van der Waals surface area contributed by atoms with Crippen molar-refractivity contribution in [2.24, 2.45) is 0 Å². The second-order valence-corrected chi connectivity index (χ2v) is 4.26. The van der Waals surface area contributed by atoms with Gasteiger partial charge in [0.25, 0.3) is 5.91 Å². The van der Waals surface area contributed by atoms with Crippen molar-refractivity contribution < 1.29 is 13.9 Å². The molecule has 0 aliphatic rings. The number of anilines is 1. The standard InChI is InChI=1S/C15H18N2O3/c1-2-11-7-8-14(20-11)15(18)17-9-10-19-13-6-4-3-5-12(13)16/h3-8H,2,9-10,16H2,1H3,(H,17,18). The van der Waals surface area contributed by atoms with Gasteiger partial charge in [0.05, 0.1) is 12.2 Å². The van der Waals surface area contributed by atoms with E-state index in [-0.39, 0.29) is 5.91 Å². The predicted octanol–water partition coefficient (Wildman–Crippen LogP) is 2.23. The number of benzene rings is 1. The number of nitrogens with two attached hydrogens (primary N) is 1. The number of hydrogen-bond donors (Lipinski definition) is 2. The first-order valence-electron chi connectivity index (χ1n) is 6.55. The van der Waals surface area contributed by atoms with E-state index < -0.39 is 0 Å². The number of hydrogen-bond acceptors (Lipinski definition) is 4. The van der Waals surface area contributed by atoms with E-state index in [9.17, 15) is 4.79 Å². The Hall–Kier alpha value is -2.43. The highest BCUT2D eigenvalue weighted by atomic mass is 16.5. The lowest BCUT2D eigenvalue weighted by Crippen LogP contribution is -2.27. The van der Waals surface area contributed by atoms with Crippen LogP contribution in [0, 0.1) is 0 Å². The van der Waals surface area contributed by atoms with E-state index in [1.165, 1.54) is 0 Å². The smallest absolute Gasteiger partial charge is 0.287 e. The Balaban J connectivity index is 1.76. The van der Waals surface area contributed by atoms with Crippen LogP contribution < -0.4 is 15.8 Å². The van der Waals surface area contributed by atoms with E-state index in [2.05, 4.69) is 5.32 Å². The fourth-order valence-corrected chi connectivity index (χ4v) is 1.71. The number of aryl methyl sites for hydroxylation is 1. The van der Waals surface area contributed by atoms with Crippen LogP contribution in [0.25, 0.3) is 0 Å². The van der Waals surface area contributed by atoms with Crippen LogP contribution in [0.3, 0.4) is 0 Å². The van der Waals surface area contributed by atoms with Crippen molar-refractivity contribution in [3.05, 3.63) is 47.9 Å². The quantitative estimate of drug-likeness (QED) is 0.625. The second-order valence-electron chi connectivity index (χ2n) is 4.26. The summed E-state index contributed by atoms with van der Waals surface area (Å²) in [5, 5.41) is 2.73. The van der Waals surface area contributed by atoms with Crippen molar-refractivity contribution >= 4 is 11.6 Å². The van der Waals surface area contributed by atoms with Crippen molar-refractivity contribution in [3.63, 3.8) is 0 Å². The molecule has 1 aromatic carbocycles. The molecule has 1 aromatic heterocycles. The summed E-state index contributed by atoms with van der Waals surface area (Å²) < 4.78 is 10.8. The maximum Gasteiger partial charge on any atom is 0.287 e. The van der Waals surface area contributed by atoms with Gasteiger partial charge in [-0.15, -0.1) is 0 Å². The molecule has 2 aromatic rings. The number of rotatable bonds is 6. The highest BCUT2D eigenvalue weighted by Crippen LogP contribution is 2.19. The van der Waals surface area contributed by atoms with Gasteiger partial charge in [-0.05, 0) is 24.3 Å². The molecule has 0 spiro atoms. The number of ether oxygens (including phenoxy) is 1. The third-order valence-electron chi connectivity index (χ3n) is 2.80. The summed E-state index contributed by atoms with van der Waals surface area (Å²) in [6, 6.07) is 10.7. The molecule has 1 amide bonds. The fraction of sp³-hybridized carbons (Fsp3) is 0.267. The van der Waals surface area contributed by atoms with E-state index in [1.54, 1.807) is 24.3 Å². The molecular formula is C15H18N2O3. The van der Waals surface area contributed by atoms with Gasteiger partial charge in [-0.2, -0.15) is 0 Å². The molecule has 5 heteroatoms. The van der Waals surface area contributed by atoms with Crippen molar-refractivity contribution in [1.82, 2.24) is 5.32 Å². The molecule has 1 heterocycles. The van der Waals surface area contributed by atoms with Crippen molar-refractivity contribution in [3.8, 4) is 5.75 Å². The molecule has 0 saturated heterocycles. The van der Waals surface area contributed by atoms with E-state index in [1.807, 2.05) is 19.1 Å². The maximum atomic E-state index is 11.8. The SMILES string of the molecule is CCc1ccc(C(=O)NCCOc2ccccc2N)o1. The highest BCUT2D eigenvalue weighted by Gasteiger charge is 2.09. The molecule has 0 aliphatic heterocycles. The minimum atomic E-state index is -0.241. The molecule has 106 valence electrons. The summed E-state index contributed by atoms with van der Waals surface area (Å²) >= 11 is 0. The first kappa shape index (κ1) is 14.0. The van der Waals surface area contributed by atoms with Crippen LogP contribution in [0.1, 0.15) is 23.2 Å². The normalized spacial score (nSPS) is 10.2. The molecule has 2 rings (SSSR count). The molecule has 0 bridgehead atoms. The third-order valence-corrected chi connectivity index (χ3v) is 2.80. The molecule has 5 nitrogen and oxygen atoms in total. The Morgan fingerprint density at radius 3 is 2.80 bits per heavy atom. The van der Waals surface area contributed by atoms with Crippen LogP contribution >= 0.6 is 0 Å². The highest BCUT2D eigenvalue weighted by molar-refractivity contribution is 5.91. The van der Waals surface area contributed by atoms with Gasteiger partial charge < -0.3 is 20.2 Å². The maximum absolute atomic E-state index is 11.8. The number of carbonyl (C=O) groups is 1. The largest absolute Gasteiger partial charge is 0.490 e. The number of amides is 1. The van der Waals surface area contributed by atoms with E-state index >= 15 is 0 Å². The van der Waals surface area contributed by atoms with Crippen LogP contribution in [0.2, 0.25) is 0 Å². The predicted molar refractivity (Wildman–Crippen MR) is 76.8 cm³/mol. The first-order chi connectivity index (χ1) is 9.70. The summed E-state index contributed by atoms with van der Waals surface area (Å²) in [7, 11) is 0. The summed E-state index contributed by atoms with van der Waals surface area (Å²) in [6.45, 7) is 2.70. The lowest BCUT2D eigenvalue weighted by Gasteiger charge is -2.08. The van der Waals surface area contributed by atoms with E-state index in [4.69, 9.17) is 14.9 Å². The Morgan fingerprint density at radius 2 is 2.10 bits per heavy atom. The van der Waals surface area contributed by atoms with Crippen LogP contribution in [0.4, 0.5) is 5.69 Å². The summed E-state index contributed by atoms with van der Waals surface area (Å²) in [5.74, 6) is 1.49. The Labute approximate surface area is 117 Å². The lowest BCUT2D eigenvalue weighted by molar-refractivity contribution is 0.0917. The van der Waals surface area contributed by atoms with Gasteiger partial charge in [0.2, 0.25) is 0 Å². The molecular weight excluding hydrogens is 256 g/mol. The molecule has 0 radical (unpaired) electrons. The van der Waals surface area contributed by atoms with Gasteiger partial charge in [-0.1, -0.05) is 19.1 Å². The molecule has 20 heavy (non-hydrogen) atoms. The summed E-state index contributed by atoms with van der Waals surface area (Å²) in [4.78, 5) is 11.8. The number of furan rings is 1. The van der Waals surface area contributed by atoms with Gasteiger partial charge in [0.15, 0.2) is 5.76 Å². The zero-order valence-corrected chi connectivity index (χ0v) is 11.4. The van der Waals surface area contributed by atoms with Crippen molar-refractivity contribution in [2.45, 2.75) is 13.3 Å². The monoisotopic (exact) mass is 274 g/mol. The molecule has 0 unspecified atom stereocenters. The zero-order valence-electron chi connectivity index (χ0n) is 11.4. The lowest BCUT2D eigenvalue weighted by atomic mass is 10.3. The van der Waals surface area contributed by atoms with Gasteiger partial charge in [0.1, 0.15) is 18.1 Å². The van der Waals surface area contributed by atoms with Gasteiger partial charge in [-0.3, -0.25) is 4.79 Å². The summed E-state index contributed by atoms with van der Waals surface area (Å²) in [6.07, 6.45) is 0.768. The van der Waals surface area contributed by atoms with Crippen LogP contribution in [-0.4, -0.2) is 19.1 Å². The molecule has 3 N–H and O–H groups in total. The molecule has 0 saturated carbocycles. The average molecular weight is 274 g/mol. The number of para-hydroxylation sites is 2. The number of nitrogen functional groups attached to an aromatic ring is 1. The minimum Gasteiger partial charge on any atom is -0.490 e. The Kier molecular flexibility index (Phi) is 4.65. The van der Waals surface area contributed by atoms with Crippen LogP contribution in [0.5, 0.6) is 5.75 Å². The average Bonchev–Trinajstić information content (AvgIpc) is 2.94. The summed E-state index contributed by atoms with van der Waals surface area (Å²) in [5.41, 5.74) is 6.33. The van der Waals surface area contributed by atoms with Gasteiger partial charge >= 0.3 is 0 Å². The topological polar surface area (TPSA) is 77.5 Å². The number of carbonyl (C=O) groups excluding carboxylic acids is 1. The Bertz CT molecular complexity index is 578.